The van der Waals surface area contributed by atoms with Crippen LogP contribution in [0.15, 0.2) is 18.2 Å². The van der Waals surface area contributed by atoms with Crippen LogP contribution in [0.1, 0.15) is 13.3 Å². The Balaban J connectivity index is 2.66. The number of aliphatic hydroxyl groups excluding tert-OH is 1. The van der Waals surface area contributed by atoms with Crippen LogP contribution < -0.4 is 10.6 Å². The molecule has 0 aliphatic carbocycles. The predicted octanol–water partition coefficient (Wildman–Crippen LogP) is 1.30. The monoisotopic (exact) mass is 288 g/mol. The van der Waals surface area contributed by atoms with E-state index in [9.17, 15) is 14.0 Å². The Morgan fingerprint density at radius 3 is 2.63 bits per heavy atom. The lowest BCUT2D eigenvalue weighted by Crippen LogP contribution is -2.43. The third-order valence-electron chi connectivity index (χ3n) is 2.43. The minimum absolute atomic E-state index is 0.00431. The SMILES string of the molecule is CCC(CO)NC(=O)C(=O)Nc1ccc(F)cc1Cl. The molecule has 0 fully saturated rings. The highest BCUT2D eigenvalue weighted by Crippen LogP contribution is 2.22. The lowest BCUT2D eigenvalue weighted by atomic mass is 10.2. The summed E-state index contributed by atoms with van der Waals surface area (Å²) in [6.07, 6.45) is 0.493. The first-order valence-corrected chi connectivity index (χ1v) is 6.03. The van der Waals surface area contributed by atoms with Crippen LogP contribution in [0.5, 0.6) is 0 Å². The van der Waals surface area contributed by atoms with Gasteiger partial charge in [0.15, 0.2) is 0 Å². The fourth-order valence-corrected chi connectivity index (χ4v) is 1.51. The van der Waals surface area contributed by atoms with Crippen molar-refractivity contribution in [2.45, 2.75) is 19.4 Å². The van der Waals surface area contributed by atoms with Crippen molar-refractivity contribution in [2.75, 3.05) is 11.9 Å². The molecule has 1 aromatic carbocycles. The van der Waals surface area contributed by atoms with E-state index in [1.54, 1.807) is 6.92 Å². The van der Waals surface area contributed by atoms with Crippen LogP contribution in [0.2, 0.25) is 5.02 Å². The Labute approximate surface area is 114 Å². The van der Waals surface area contributed by atoms with Crippen molar-refractivity contribution in [1.29, 1.82) is 0 Å². The molecule has 5 nitrogen and oxygen atoms in total. The van der Waals surface area contributed by atoms with Gasteiger partial charge in [0.2, 0.25) is 0 Å². The van der Waals surface area contributed by atoms with Crippen molar-refractivity contribution < 1.29 is 19.1 Å². The molecule has 7 heteroatoms. The van der Waals surface area contributed by atoms with E-state index in [0.717, 1.165) is 12.1 Å². The third-order valence-corrected chi connectivity index (χ3v) is 2.75. The average molecular weight is 289 g/mol. The van der Waals surface area contributed by atoms with E-state index in [4.69, 9.17) is 16.7 Å². The van der Waals surface area contributed by atoms with Gasteiger partial charge in [0, 0.05) is 0 Å². The van der Waals surface area contributed by atoms with E-state index in [2.05, 4.69) is 10.6 Å². The Kier molecular flexibility index (Phi) is 5.72. The number of aliphatic hydroxyl groups is 1. The highest BCUT2D eigenvalue weighted by atomic mass is 35.5. The summed E-state index contributed by atoms with van der Waals surface area (Å²) >= 11 is 5.71. The quantitative estimate of drug-likeness (QED) is 0.731. The zero-order valence-electron chi connectivity index (χ0n) is 10.2. The summed E-state index contributed by atoms with van der Waals surface area (Å²) in [7, 11) is 0. The molecule has 0 saturated heterocycles. The molecule has 1 atom stereocenters. The summed E-state index contributed by atoms with van der Waals surface area (Å²) in [5, 5.41) is 13.5. The molecule has 1 aromatic rings. The van der Waals surface area contributed by atoms with Crippen LogP contribution in [-0.2, 0) is 9.59 Å². The minimum Gasteiger partial charge on any atom is -0.394 e. The van der Waals surface area contributed by atoms with E-state index >= 15 is 0 Å². The maximum atomic E-state index is 12.8. The van der Waals surface area contributed by atoms with Crippen molar-refractivity contribution in [3.05, 3.63) is 29.0 Å². The Morgan fingerprint density at radius 2 is 2.11 bits per heavy atom. The fourth-order valence-electron chi connectivity index (χ4n) is 1.30. The largest absolute Gasteiger partial charge is 0.394 e. The van der Waals surface area contributed by atoms with Crippen molar-refractivity contribution in [3.63, 3.8) is 0 Å². The van der Waals surface area contributed by atoms with Gasteiger partial charge < -0.3 is 15.7 Å². The highest BCUT2D eigenvalue weighted by molar-refractivity contribution is 6.41. The van der Waals surface area contributed by atoms with Crippen LogP contribution in [-0.4, -0.2) is 29.6 Å². The van der Waals surface area contributed by atoms with Crippen molar-refractivity contribution in [3.8, 4) is 0 Å². The molecule has 0 spiro atoms. The Bertz CT molecular complexity index is 478. The summed E-state index contributed by atoms with van der Waals surface area (Å²) in [5.74, 6) is -2.36. The molecule has 0 aliphatic rings. The van der Waals surface area contributed by atoms with Gasteiger partial charge in [-0.15, -0.1) is 0 Å². The number of amides is 2. The molecule has 0 aliphatic heterocycles. The molecule has 3 N–H and O–H groups in total. The number of halogens is 2. The molecule has 19 heavy (non-hydrogen) atoms. The van der Waals surface area contributed by atoms with Crippen LogP contribution in [0, 0.1) is 5.82 Å². The van der Waals surface area contributed by atoms with Crippen molar-refractivity contribution in [2.24, 2.45) is 0 Å². The Hall–Kier alpha value is -1.66. The molecular weight excluding hydrogens is 275 g/mol. The second-order valence-electron chi connectivity index (χ2n) is 3.84. The standard InChI is InChI=1S/C12H14ClFN2O3/c1-2-8(6-17)15-11(18)12(19)16-10-4-3-7(14)5-9(10)13/h3-5,8,17H,2,6H2,1H3,(H,15,18)(H,16,19). The predicted molar refractivity (Wildman–Crippen MR) is 69.3 cm³/mol. The van der Waals surface area contributed by atoms with Gasteiger partial charge in [0.1, 0.15) is 5.82 Å². The molecule has 0 radical (unpaired) electrons. The van der Waals surface area contributed by atoms with Crippen LogP contribution in [0.25, 0.3) is 0 Å². The van der Waals surface area contributed by atoms with Gasteiger partial charge in [-0.05, 0) is 24.6 Å². The number of anilines is 1. The van der Waals surface area contributed by atoms with Crippen molar-refractivity contribution >= 4 is 29.1 Å². The highest BCUT2D eigenvalue weighted by Gasteiger charge is 2.18. The zero-order valence-corrected chi connectivity index (χ0v) is 11.0. The lowest BCUT2D eigenvalue weighted by molar-refractivity contribution is -0.136. The normalized spacial score (nSPS) is 11.8. The van der Waals surface area contributed by atoms with Crippen LogP contribution >= 0.6 is 11.6 Å². The number of carbonyl (C=O) groups is 2. The van der Waals surface area contributed by atoms with Gasteiger partial charge in [-0.1, -0.05) is 18.5 Å². The molecule has 2 amide bonds. The van der Waals surface area contributed by atoms with E-state index in [-0.39, 0.29) is 17.3 Å². The minimum atomic E-state index is -0.930. The molecule has 0 saturated carbocycles. The first-order valence-electron chi connectivity index (χ1n) is 5.65. The van der Waals surface area contributed by atoms with Crippen molar-refractivity contribution in [1.82, 2.24) is 5.32 Å². The average Bonchev–Trinajstić information content (AvgIpc) is 2.38. The second kappa shape index (κ2) is 7.06. The second-order valence-corrected chi connectivity index (χ2v) is 4.25. The third kappa shape index (κ3) is 4.50. The smallest absolute Gasteiger partial charge is 0.313 e. The molecule has 0 bridgehead atoms. The summed E-state index contributed by atoms with van der Waals surface area (Å²) in [6, 6.07) is 2.91. The number of nitrogens with one attached hydrogen (secondary N) is 2. The lowest BCUT2D eigenvalue weighted by Gasteiger charge is -2.13. The van der Waals surface area contributed by atoms with E-state index in [1.807, 2.05) is 0 Å². The molecule has 1 unspecified atom stereocenters. The first-order chi connectivity index (χ1) is 8.97. The number of hydrogen-bond acceptors (Lipinski definition) is 3. The Morgan fingerprint density at radius 1 is 1.42 bits per heavy atom. The summed E-state index contributed by atoms with van der Waals surface area (Å²) in [5.41, 5.74) is 0.139. The van der Waals surface area contributed by atoms with Gasteiger partial charge in [-0.25, -0.2) is 4.39 Å². The molecule has 104 valence electrons. The molecule has 0 aromatic heterocycles. The van der Waals surface area contributed by atoms with Gasteiger partial charge in [-0.2, -0.15) is 0 Å². The topological polar surface area (TPSA) is 78.4 Å². The summed E-state index contributed by atoms with van der Waals surface area (Å²) in [6.45, 7) is 1.50. The maximum absolute atomic E-state index is 12.8. The molecular formula is C12H14ClFN2O3. The number of carbonyl (C=O) groups excluding carboxylic acids is 2. The molecule has 1 rings (SSSR count). The first kappa shape index (κ1) is 15.4. The fraction of sp³-hybridized carbons (Fsp3) is 0.333. The number of rotatable bonds is 4. The van der Waals surface area contributed by atoms with Crippen LogP contribution in [0.3, 0.4) is 0 Å². The maximum Gasteiger partial charge on any atom is 0.313 e. The van der Waals surface area contributed by atoms with Crippen LogP contribution in [0.4, 0.5) is 10.1 Å². The number of hydrogen-bond donors (Lipinski definition) is 3. The van der Waals surface area contributed by atoms with E-state index in [1.165, 1.54) is 6.07 Å². The van der Waals surface area contributed by atoms with E-state index < -0.39 is 23.7 Å². The number of benzene rings is 1. The summed E-state index contributed by atoms with van der Waals surface area (Å²) < 4.78 is 12.8. The van der Waals surface area contributed by atoms with Gasteiger partial charge in [0.25, 0.3) is 0 Å². The van der Waals surface area contributed by atoms with Gasteiger partial charge in [0.05, 0.1) is 23.4 Å². The van der Waals surface area contributed by atoms with E-state index in [0.29, 0.717) is 6.42 Å². The zero-order chi connectivity index (χ0) is 14.4. The van der Waals surface area contributed by atoms with Gasteiger partial charge >= 0.3 is 11.8 Å². The summed E-state index contributed by atoms with van der Waals surface area (Å²) in [4.78, 5) is 23.1. The molecule has 0 heterocycles. The van der Waals surface area contributed by atoms with Gasteiger partial charge in [-0.3, -0.25) is 9.59 Å².